The standard InChI is InChI=1S/C19H26F3N5/c1-6-7-8-15(19(20,21)22)18(25-5)27-13(3)26-17-12(2)9-10-16(23)14(17)11-24-4/h7-11,25H,6,23H2,1-5H3,(H,26,27)/b8-7+,18-15+,24-11?. The van der Waals surface area contributed by atoms with Crippen molar-refractivity contribution in [3.8, 4) is 0 Å². The lowest BCUT2D eigenvalue weighted by Gasteiger charge is -2.16. The Kier molecular flexibility index (Phi) is 8.08. The van der Waals surface area contributed by atoms with Gasteiger partial charge in [-0.2, -0.15) is 13.2 Å². The lowest BCUT2D eigenvalue weighted by Crippen LogP contribution is -2.20. The Bertz CT molecular complexity index is 774. The first-order valence-electron chi connectivity index (χ1n) is 8.44. The molecule has 5 nitrogen and oxygen atoms in total. The van der Waals surface area contributed by atoms with Crippen LogP contribution < -0.4 is 16.4 Å². The molecule has 0 saturated heterocycles. The minimum atomic E-state index is -4.53. The number of nitrogens with two attached hydrogens (primary N) is 1. The van der Waals surface area contributed by atoms with Crippen LogP contribution in [0.3, 0.4) is 0 Å². The number of nitrogen functional groups attached to an aromatic ring is 1. The first kappa shape index (κ1) is 22.3. The van der Waals surface area contributed by atoms with E-state index >= 15 is 0 Å². The molecule has 0 saturated carbocycles. The second kappa shape index (κ2) is 9.80. The van der Waals surface area contributed by atoms with Crippen LogP contribution in [0.4, 0.5) is 24.5 Å². The average Bonchev–Trinajstić information content (AvgIpc) is 2.59. The second-order valence-corrected chi connectivity index (χ2v) is 5.79. The third kappa shape index (κ3) is 6.16. The Hall–Kier alpha value is -2.77. The number of aliphatic imine (C=N–C) groups is 2. The molecule has 0 aliphatic rings. The first-order valence-corrected chi connectivity index (χ1v) is 8.44. The zero-order valence-corrected chi connectivity index (χ0v) is 16.2. The van der Waals surface area contributed by atoms with Gasteiger partial charge < -0.3 is 16.4 Å². The van der Waals surface area contributed by atoms with Gasteiger partial charge in [-0.25, -0.2) is 4.99 Å². The Morgan fingerprint density at radius 3 is 2.48 bits per heavy atom. The van der Waals surface area contributed by atoms with E-state index in [1.807, 2.05) is 13.0 Å². The number of amidine groups is 1. The number of rotatable bonds is 6. The molecule has 148 valence electrons. The van der Waals surface area contributed by atoms with E-state index in [2.05, 4.69) is 20.6 Å². The van der Waals surface area contributed by atoms with Crippen molar-refractivity contribution in [1.29, 1.82) is 0 Å². The SMILES string of the molecule is CC/C=C/C(=C(\N=C(/C)Nc1c(C)ccc(N)c1C=NC)NC)C(F)(F)F. The second-order valence-electron chi connectivity index (χ2n) is 5.79. The maximum atomic E-state index is 13.4. The normalized spacial score (nSPS) is 14.0. The number of benzene rings is 1. The van der Waals surface area contributed by atoms with E-state index in [4.69, 9.17) is 5.73 Å². The zero-order valence-electron chi connectivity index (χ0n) is 16.2. The maximum Gasteiger partial charge on any atom is 0.419 e. The number of aryl methyl sites for hydroxylation is 1. The fourth-order valence-electron chi connectivity index (χ4n) is 2.35. The Morgan fingerprint density at radius 2 is 1.96 bits per heavy atom. The first-order chi connectivity index (χ1) is 12.6. The highest BCUT2D eigenvalue weighted by Gasteiger charge is 2.34. The van der Waals surface area contributed by atoms with Crippen LogP contribution in [0.5, 0.6) is 0 Å². The summed E-state index contributed by atoms with van der Waals surface area (Å²) in [7, 11) is 3.02. The molecule has 8 heteroatoms. The fourth-order valence-corrected chi connectivity index (χ4v) is 2.35. The molecule has 0 fully saturated rings. The summed E-state index contributed by atoms with van der Waals surface area (Å²) in [6, 6.07) is 3.57. The number of nitrogens with zero attached hydrogens (tertiary/aromatic N) is 2. The van der Waals surface area contributed by atoms with E-state index in [9.17, 15) is 13.2 Å². The van der Waals surface area contributed by atoms with Gasteiger partial charge in [0.05, 0.1) is 11.3 Å². The predicted molar refractivity (Wildman–Crippen MR) is 107 cm³/mol. The van der Waals surface area contributed by atoms with E-state index in [0.717, 1.165) is 11.6 Å². The number of halogens is 3. The molecule has 0 amide bonds. The van der Waals surface area contributed by atoms with Crippen LogP contribution in [0, 0.1) is 6.92 Å². The molecule has 0 bridgehead atoms. The molecular formula is C19H26F3N5. The summed E-state index contributed by atoms with van der Waals surface area (Å²) in [4.78, 5) is 8.08. The number of anilines is 2. The minimum Gasteiger partial charge on any atom is -0.398 e. The minimum absolute atomic E-state index is 0.274. The van der Waals surface area contributed by atoms with E-state index < -0.39 is 11.7 Å². The van der Waals surface area contributed by atoms with Crippen molar-refractivity contribution < 1.29 is 13.2 Å². The summed E-state index contributed by atoms with van der Waals surface area (Å²) in [5.41, 5.74) is 7.83. The molecule has 1 rings (SSSR count). The van der Waals surface area contributed by atoms with Gasteiger partial charge in [-0.05, 0) is 31.9 Å². The number of nitrogens with one attached hydrogen (secondary N) is 2. The van der Waals surface area contributed by atoms with Gasteiger partial charge in [0.2, 0.25) is 0 Å². The average molecular weight is 381 g/mol. The fraction of sp³-hybridized carbons (Fsp3) is 0.368. The van der Waals surface area contributed by atoms with Crippen LogP contribution >= 0.6 is 0 Å². The molecule has 0 unspecified atom stereocenters. The Labute approximate surface area is 158 Å². The Morgan fingerprint density at radius 1 is 1.30 bits per heavy atom. The molecule has 1 aromatic rings. The van der Waals surface area contributed by atoms with Crippen molar-refractivity contribution in [2.45, 2.75) is 33.4 Å². The van der Waals surface area contributed by atoms with Crippen LogP contribution in [0.25, 0.3) is 0 Å². The molecule has 27 heavy (non-hydrogen) atoms. The molecule has 1 aromatic carbocycles. The summed E-state index contributed by atoms with van der Waals surface area (Å²) in [6.07, 6.45) is 0.0262. The van der Waals surface area contributed by atoms with Crippen molar-refractivity contribution in [2.24, 2.45) is 9.98 Å². The zero-order chi connectivity index (χ0) is 20.6. The van der Waals surface area contributed by atoms with Crippen molar-refractivity contribution in [1.82, 2.24) is 5.32 Å². The van der Waals surface area contributed by atoms with Crippen molar-refractivity contribution in [3.63, 3.8) is 0 Å². The summed E-state index contributed by atoms with van der Waals surface area (Å²) < 4.78 is 40.1. The molecule has 0 aliphatic carbocycles. The lowest BCUT2D eigenvalue weighted by atomic mass is 10.1. The van der Waals surface area contributed by atoms with E-state index in [-0.39, 0.29) is 11.7 Å². The third-order valence-corrected chi connectivity index (χ3v) is 3.65. The van der Waals surface area contributed by atoms with Crippen molar-refractivity contribution in [2.75, 3.05) is 25.1 Å². The van der Waals surface area contributed by atoms with E-state index in [1.54, 1.807) is 33.2 Å². The molecule has 0 heterocycles. The van der Waals surface area contributed by atoms with Gasteiger partial charge in [0, 0.05) is 31.6 Å². The number of alkyl halides is 3. The van der Waals surface area contributed by atoms with Crippen LogP contribution in [0.2, 0.25) is 0 Å². The topological polar surface area (TPSA) is 74.8 Å². The molecule has 0 spiro atoms. The lowest BCUT2D eigenvalue weighted by molar-refractivity contribution is -0.0893. The van der Waals surface area contributed by atoms with Gasteiger partial charge in [-0.3, -0.25) is 4.99 Å². The largest absolute Gasteiger partial charge is 0.419 e. The Balaban J connectivity index is 3.41. The van der Waals surface area contributed by atoms with E-state index in [0.29, 0.717) is 23.4 Å². The smallest absolute Gasteiger partial charge is 0.398 e. The van der Waals surface area contributed by atoms with Crippen molar-refractivity contribution >= 4 is 23.4 Å². The van der Waals surface area contributed by atoms with Crippen LogP contribution in [-0.4, -0.2) is 32.3 Å². The highest BCUT2D eigenvalue weighted by atomic mass is 19.4. The summed E-state index contributed by atoms with van der Waals surface area (Å²) >= 11 is 0. The molecule has 0 atom stereocenters. The molecule has 4 N–H and O–H groups in total. The molecule has 0 aliphatic heterocycles. The molecule has 0 aromatic heterocycles. The highest BCUT2D eigenvalue weighted by Crippen LogP contribution is 2.30. The van der Waals surface area contributed by atoms with Gasteiger partial charge >= 0.3 is 6.18 Å². The summed E-state index contributed by atoms with van der Waals surface area (Å²) in [5, 5.41) is 5.57. The van der Waals surface area contributed by atoms with Crippen LogP contribution in [0.1, 0.15) is 31.4 Å². The van der Waals surface area contributed by atoms with Crippen LogP contribution in [-0.2, 0) is 0 Å². The van der Waals surface area contributed by atoms with Gasteiger partial charge in [-0.1, -0.05) is 25.1 Å². The molecule has 0 radical (unpaired) electrons. The quantitative estimate of drug-likeness (QED) is 0.296. The number of hydrogen-bond acceptors (Lipinski definition) is 4. The predicted octanol–water partition coefficient (Wildman–Crippen LogP) is 4.42. The highest BCUT2D eigenvalue weighted by molar-refractivity contribution is 6.03. The van der Waals surface area contributed by atoms with Crippen molar-refractivity contribution in [3.05, 3.63) is 46.8 Å². The number of hydrogen-bond donors (Lipinski definition) is 3. The van der Waals surface area contributed by atoms with E-state index in [1.165, 1.54) is 13.1 Å². The van der Waals surface area contributed by atoms with Gasteiger partial charge in [-0.15, -0.1) is 0 Å². The van der Waals surface area contributed by atoms with Gasteiger partial charge in [0.1, 0.15) is 11.7 Å². The maximum absolute atomic E-state index is 13.4. The monoisotopic (exact) mass is 381 g/mol. The number of allylic oxidation sites excluding steroid dienone is 3. The summed E-state index contributed by atoms with van der Waals surface area (Å²) in [5.74, 6) is 0.00918. The van der Waals surface area contributed by atoms with Gasteiger partial charge in [0.25, 0.3) is 0 Å². The van der Waals surface area contributed by atoms with Crippen LogP contribution in [0.15, 0.2) is 45.7 Å². The molecular weight excluding hydrogens is 355 g/mol. The summed E-state index contributed by atoms with van der Waals surface area (Å²) in [6.45, 7) is 5.21. The third-order valence-electron chi connectivity index (χ3n) is 3.65. The van der Waals surface area contributed by atoms with Gasteiger partial charge in [0.15, 0.2) is 0 Å².